The fourth-order valence-electron chi connectivity index (χ4n) is 10.1. The van der Waals surface area contributed by atoms with Gasteiger partial charge in [0.2, 0.25) is 0 Å². The Morgan fingerprint density at radius 1 is 0.297 bits per heavy atom. The van der Waals surface area contributed by atoms with Crippen molar-refractivity contribution in [2.24, 2.45) is 0 Å². The minimum absolute atomic E-state index is 0.236. The van der Waals surface area contributed by atoms with Gasteiger partial charge in [-0.3, -0.25) is 0 Å². The first kappa shape index (κ1) is 45.5. The zero-order chi connectivity index (χ0) is 49.5. The molecule has 0 fully saturated rings. The fraction of sp³-hybridized carbons (Fsp3) is 0.0278. The molecule has 12 rings (SSSR count). The normalized spacial score (nSPS) is 12.9. The van der Waals surface area contributed by atoms with Crippen LogP contribution < -0.4 is 9.80 Å². The molecule has 1 unspecified atom stereocenters. The summed E-state index contributed by atoms with van der Waals surface area (Å²) in [6, 6.07) is 107. The number of allylic oxidation sites excluding steroid dienone is 3. The molecule has 0 amide bonds. The SMILES string of the molecule is c1c(-c2ccccc2)ccc(N(C2=CCC(c3cccc(-c4cccc(-c5ccc(N(c6ccc(-c7ccccc7)cc6)c6ccc(-c7ccccc7)cc6)cc5)c4)c3)C=C2)c2ccc(-c3ccccc3)cc2)c#1. The highest BCUT2D eigenvalue weighted by Crippen LogP contribution is 2.40. The summed E-state index contributed by atoms with van der Waals surface area (Å²) in [7, 11) is 0. The highest BCUT2D eigenvalue weighted by Gasteiger charge is 2.20. The molecule has 0 heterocycles. The van der Waals surface area contributed by atoms with Gasteiger partial charge in [0.1, 0.15) is 0 Å². The van der Waals surface area contributed by atoms with Gasteiger partial charge in [-0.1, -0.05) is 231 Å². The van der Waals surface area contributed by atoms with Gasteiger partial charge < -0.3 is 9.80 Å². The van der Waals surface area contributed by atoms with E-state index in [1.807, 2.05) is 6.07 Å². The van der Waals surface area contributed by atoms with Crippen LogP contribution in [0.4, 0.5) is 28.4 Å². The van der Waals surface area contributed by atoms with Crippen molar-refractivity contribution in [1.82, 2.24) is 0 Å². The number of rotatable bonds is 13. The fourth-order valence-corrected chi connectivity index (χ4v) is 10.1. The average Bonchev–Trinajstić information content (AvgIpc) is 3.50. The topological polar surface area (TPSA) is 6.48 Å². The Hall–Kier alpha value is -9.68. The number of hydrogen-bond donors (Lipinski definition) is 0. The molecule has 0 radical (unpaired) electrons. The highest BCUT2D eigenvalue weighted by atomic mass is 15.1. The molecular weight excluding hydrogens is 893 g/mol. The van der Waals surface area contributed by atoms with Crippen LogP contribution in [0.2, 0.25) is 0 Å². The number of benzene rings is 10. The quantitative estimate of drug-likeness (QED) is 0.114. The van der Waals surface area contributed by atoms with Gasteiger partial charge in [0.05, 0.1) is 5.69 Å². The molecule has 1 atom stereocenters. The Morgan fingerprint density at radius 2 is 0.676 bits per heavy atom. The number of hydrogen-bond acceptors (Lipinski definition) is 2. The van der Waals surface area contributed by atoms with Crippen molar-refractivity contribution in [3.05, 3.63) is 321 Å². The molecule has 0 saturated heterocycles. The largest absolute Gasteiger partial charge is 0.311 e. The molecule has 0 aliphatic heterocycles. The van der Waals surface area contributed by atoms with Crippen LogP contribution in [0.5, 0.6) is 0 Å². The Bertz CT molecular complexity index is 3510. The van der Waals surface area contributed by atoms with Crippen molar-refractivity contribution in [3.8, 4) is 66.8 Å². The van der Waals surface area contributed by atoms with E-state index in [1.54, 1.807) is 0 Å². The van der Waals surface area contributed by atoms with Crippen LogP contribution in [0.25, 0.3) is 66.8 Å². The second-order valence-corrected chi connectivity index (χ2v) is 18.7. The third-order valence-corrected chi connectivity index (χ3v) is 14.1. The lowest BCUT2D eigenvalue weighted by Gasteiger charge is -2.28. The zero-order valence-electron chi connectivity index (χ0n) is 41.0. The number of anilines is 5. The minimum atomic E-state index is 0.236. The van der Waals surface area contributed by atoms with Crippen LogP contribution >= 0.6 is 0 Å². The van der Waals surface area contributed by atoms with Crippen molar-refractivity contribution >= 4 is 28.4 Å². The Morgan fingerprint density at radius 3 is 1.11 bits per heavy atom. The van der Waals surface area contributed by atoms with Crippen LogP contribution in [-0.4, -0.2) is 0 Å². The molecule has 350 valence electrons. The standard InChI is InChI=1S/C72H52N2/c1-5-15-53(16-6-1)57-27-39-67(40-28-57)73(68-41-29-58(30-42-68)54-17-7-2-8-18-54)71-47-35-61(36-48-71)63-23-13-25-65(51-63)66-26-14-24-64(52-66)62-37-49-72(50-38-62)74(69-43-31-59(32-44-69)55-19-9-3-10-20-55)70-45-33-60(34-46-70)56-21-11-4-12-22-56/h1-33,35-37,39-45,47-52,62H,38H2. The maximum absolute atomic E-state index is 3.52. The van der Waals surface area contributed by atoms with Crippen LogP contribution in [0.15, 0.2) is 303 Å². The maximum atomic E-state index is 3.52. The third-order valence-electron chi connectivity index (χ3n) is 14.1. The van der Waals surface area contributed by atoms with E-state index in [0.29, 0.717) is 0 Å². The van der Waals surface area contributed by atoms with Gasteiger partial charge in [-0.2, -0.15) is 0 Å². The second-order valence-electron chi connectivity index (χ2n) is 18.7. The molecular formula is C72H52N2. The average molecular weight is 945 g/mol. The van der Waals surface area contributed by atoms with Crippen LogP contribution in [0.3, 0.4) is 0 Å². The monoisotopic (exact) mass is 944 g/mol. The molecule has 2 nitrogen and oxygen atoms in total. The van der Waals surface area contributed by atoms with Crippen LogP contribution in [0.1, 0.15) is 17.9 Å². The second kappa shape index (κ2) is 21.0. The Balaban J connectivity index is 0.792. The van der Waals surface area contributed by atoms with Crippen LogP contribution in [0, 0.1) is 12.1 Å². The van der Waals surface area contributed by atoms with Crippen molar-refractivity contribution in [2.75, 3.05) is 9.80 Å². The van der Waals surface area contributed by atoms with Gasteiger partial charge in [-0.25, -0.2) is 0 Å². The van der Waals surface area contributed by atoms with Gasteiger partial charge in [0.15, 0.2) is 0 Å². The van der Waals surface area contributed by atoms with Gasteiger partial charge in [-0.05, 0) is 152 Å². The summed E-state index contributed by atoms with van der Waals surface area (Å²) in [5.41, 5.74) is 21.8. The van der Waals surface area contributed by atoms with Gasteiger partial charge in [0, 0.05) is 39.9 Å². The van der Waals surface area contributed by atoms with Gasteiger partial charge in [0.25, 0.3) is 0 Å². The lowest BCUT2D eigenvalue weighted by Crippen LogP contribution is -2.17. The molecule has 74 heavy (non-hydrogen) atoms. The van der Waals surface area contributed by atoms with Crippen molar-refractivity contribution in [1.29, 1.82) is 0 Å². The third kappa shape index (κ3) is 9.84. The van der Waals surface area contributed by atoms with Crippen molar-refractivity contribution < 1.29 is 0 Å². The van der Waals surface area contributed by atoms with E-state index in [1.165, 1.54) is 61.2 Å². The highest BCUT2D eigenvalue weighted by molar-refractivity contribution is 5.82. The summed E-state index contributed by atoms with van der Waals surface area (Å²) in [6.45, 7) is 0. The van der Waals surface area contributed by atoms with E-state index in [4.69, 9.17) is 0 Å². The van der Waals surface area contributed by atoms with E-state index in [-0.39, 0.29) is 5.92 Å². The molecule has 0 N–H and O–H groups in total. The Kier molecular flexibility index (Phi) is 12.9. The smallest absolute Gasteiger partial charge is 0.0973 e. The zero-order valence-corrected chi connectivity index (χ0v) is 41.0. The summed E-state index contributed by atoms with van der Waals surface area (Å²) in [4.78, 5) is 4.64. The molecule has 1 aliphatic rings. The first-order chi connectivity index (χ1) is 36.7. The predicted molar refractivity (Wildman–Crippen MR) is 311 cm³/mol. The van der Waals surface area contributed by atoms with E-state index >= 15 is 0 Å². The van der Waals surface area contributed by atoms with E-state index in [2.05, 4.69) is 313 Å². The molecule has 11 aromatic carbocycles. The maximum Gasteiger partial charge on any atom is 0.0973 e. The minimum Gasteiger partial charge on any atom is -0.311 e. The molecule has 2 heteroatoms. The molecule has 1 aliphatic carbocycles. The lowest BCUT2D eigenvalue weighted by atomic mass is 9.89. The van der Waals surface area contributed by atoms with E-state index < -0.39 is 0 Å². The predicted octanol–water partition coefficient (Wildman–Crippen LogP) is 19.5. The first-order valence-electron chi connectivity index (χ1n) is 25.4. The number of nitrogens with zero attached hydrogens (tertiary/aromatic N) is 2. The van der Waals surface area contributed by atoms with E-state index in [9.17, 15) is 0 Å². The molecule has 0 saturated carbocycles. The van der Waals surface area contributed by atoms with Gasteiger partial charge >= 0.3 is 0 Å². The van der Waals surface area contributed by atoms with Crippen molar-refractivity contribution in [3.63, 3.8) is 0 Å². The summed E-state index contributed by atoms with van der Waals surface area (Å²) >= 11 is 0. The summed E-state index contributed by atoms with van der Waals surface area (Å²) in [5.74, 6) is 0.236. The summed E-state index contributed by atoms with van der Waals surface area (Å²) in [5, 5.41) is 0. The summed E-state index contributed by atoms with van der Waals surface area (Å²) in [6.07, 6.45) is 7.87. The first-order valence-corrected chi connectivity index (χ1v) is 25.4. The Labute approximate surface area is 435 Å². The molecule has 0 spiro atoms. The molecule has 11 aromatic rings. The van der Waals surface area contributed by atoms with Crippen molar-refractivity contribution in [2.45, 2.75) is 12.3 Å². The lowest BCUT2D eigenvalue weighted by molar-refractivity contribution is 0.840. The summed E-state index contributed by atoms with van der Waals surface area (Å²) < 4.78 is 0. The molecule has 0 aromatic heterocycles. The molecule has 0 bridgehead atoms. The van der Waals surface area contributed by atoms with E-state index in [0.717, 1.165) is 51.7 Å². The van der Waals surface area contributed by atoms with Gasteiger partial charge in [-0.15, -0.1) is 0 Å². The van der Waals surface area contributed by atoms with Crippen LogP contribution in [-0.2, 0) is 0 Å².